The van der Waals surface area contributed by atoms with Crippen LogP contribution in [0.5, 0.6) is 0 Å². The second-order valence-electron chi connectivity index (χ2n) is 10.4. The number of carboxylic acids is 2. The second kappa shape index (κ2) is 12.8. The summed E-state index contributed by atoms with van der Waals surface area (Å²) >= 11 is 0. The molecule has 2 aromatic rings. The number of benzene rings is 2. The van der Waals surface area contributed by atoms with E-state index in [0.29, 0.717) is 6.04 Å². The molecule has 2 bridgehead atoms. The summed E-state index contributed by atoms with van der Waals surface area (Å²) in [4.78, 5) is 23.7. The number of allylic oxidation sites excluding steroid dienone is 2. The third-order valence-corrected chi connectivity index (χ3v) is 7.92. The van der Waals surface area contributed by atoms with Crippen molar-refractivity contribution in [2.75, 3.05) is 26.2 Å². The van der Waals surface area contributed by atoms with Crippen molar-refractivity contribution in [1.82, 2.24) is 9.80 Å². The first-order valence-corrected chi connectivity index (χ1v) is 13.2. The number of hydrogen-bond acceptors (Lipinski definition) is 4. The molecular weight excluding hydrogens is 452 g/mol. The summed E-state index contributed by atoms with van der Waals surface area (Å²) in [6.45, 7) is 6.12. The van der Waals surface area contributed by atoms with E-state index in [4.69, 9.17) is 19.8 Å². The summed E-state index contributed by atoms with van der Waals surface area (Å²) in [5.41, 5.74) is 2.90. The molecule has 2 N–H and O–H groups in total. The summed E-state index contributed by atoms with van der Waals surface area (Å²) in [5.74, 6) is -0.940. The number of aliphatic carboxylic acids is 2. The molecule has 1 saturated carbocycles. The summed E-state index contributed by atoms with van der Waals surface area (Å²) in [7, 11) is 0. The fourth-order valence-corrected chi connectivity index (χ4v) is 6.03. The third kappa shape index (κ3) is 7.52. The molecule has 2 aromatic carbocycles. The molecule has 3 aliphatic rings. The monoisotopic (exact) mass is 490 g/mol. The molecule has 1 aliphatic heterocycles. The minimum Gasteiger partial charge on any atom is -0.473 e. The average Bonchev–Trinajstić information content (AvgIpc) is 3.52. The van der Waals surface area contributed by atoms with Gasteiger partial charge in [0.15, 0.2) is 0 Å². The van der Waals surface area contributed by atoms with Crippen LogP contribution in [0.3, 0.4) is 0 Å². The van der Waals surface area contributed by atoms with Gasteiger partial charge in [0.1, 0.15) is 0 Å². The Morgan fingerprint density at radius 1 is 0.833 bits per heavy atom. The molecule has 36 heavy (non-hydrogen) atoms. The molecule has 5 rings (SSSR count). The van der Waals surface area contributed by atoms with Gasteiger partial charge in [-0.1, -0.05) is 72.8 Å². The first kappa shape index (κ1) is 26.1. The fourth-order valence-electron chi connectivity index (χ4n) is 6.03. The Balaban J connectivity index is 0.000000455. The highest BCUT2D eigenvalue weighted by atomic mass is 16.4. The van der Waals surface area contributed by atoms with Crippen LogP contribution >= 0.6 is 0 Å². The van der Waals surface area contributed by atoms with Crippen molar-refractivity contribution >= 4 is 11.9 Å². The Hall–Kier alpha value is -2.96. The van der Waals surface area contributed by atoms with Crippen LogP contribution in [0.1, 0.15) is 36.8 Å². The van der Waals surface area contributed by atoms with Crippen molar-refractivity contribution in [3.05, 3.63) is 83.9 Å². The lowest BCUT2D eigenvalue weighted by atomic mass is 9.92. The lowest BCUT2D eigenvalue weighted by molar-refractivity contribution is -0.159. The summed E-state index contributed by atoms with van der Waals surface area (Å²) < 4.78 is 0. The van der Waals surface area contributed by atoms with Gasteiger partial charge in [-0.2, -0.15) is 0 Å². The van der Waals surface area contributed by atoms with Crippen LogP contribution in [0.25, 0.3) is 0 Å². The molecule has 2 aliphatic carbocycles. The van der Waals surface area contributed by atoms with Crippen LogP contribution in [0, 0.1) is 17.8 Å². The largest absolute Gasteiger partial charge is 0.473 e. The van der Waals surface area contributed by atoms with Gasteiger partial charge in [-0.15, -0.1) is 0 Å². The molecule has 3 unspecified atom stereocenters. The predicted molar refractivity (Wildman–Crippen MR) is 141 cm³/mol. The molecule has 1 heterocycles. The van der Waals surface area contributed by atoms with Gasteiger partial charge in [-0.3, -0.25) is 4.90 Å². The Bertz CT molecular complexity index is 990. The number of carboxylic acid groups (broad SMARTS) is 2. The number of carbonyl (C=O) groups is 2. The van der Waals surface area contributed by atoms with E-state index in [0.717, 1.165) is 37.3 Å². The molecule has 192 valence electrons. The van der Waals surface area contributed by atoms with Crippen LogP contribution in [0.15, 0.2) is 72.8 Å². The van der Waals surface area contributed by atoms with Crippen LogP contribution in [-0.4, -0.2) is 64.2 Å². The zero-order chi connectivity index (χ0) is 25.3. The van der Waals surface area contributed by atoms with Gasteiger partial charge < -0.3 is 15.1 Å². The van der Waals surface area contributed by atoms with Gasteiger partial charge in [-0.25, -0.2) is 9.59 Å². The summed E-state index contributed by atoms with van der Waals surface area (Å²) in [6, 6.07) is 22.8. The third-order valence-electron chi connectivity index (χ3n) is 7.92. The van der Waals surface area contributed by atoms with Crippen molar-refractivity contribution in [1.29, 1.82) is 0 Å². The molecule has 6 nitrogen and oxygen atoms in total. The van der Waals surface area contributed by atoms with Crippen LogP contribution in [-0.2, 0) is 22.6 Å². The highest BCUT2D eigenvalue weighted by Crippen LogP contribution is 2.43. The zero-order valence-electron chi connectivity index (χ0n) is 20.9. The minimum absolute atomic E-state index is 0.713. The van der Waals surface area contributed by atoms with Gasteiger partial charge in [0.25, 0.3) is 0 Å². The molecule has 2 fully saturated rings. The Morgan fingerprint density at radius 3 is 1.97 bits per heavy atom. The molecular formula is C30H38N2O4. The van der Waals surface area contributed by atoms with Gasteiger partial charge in [0.05, 0.1) is 0 Å². The number of piperidine rings is 1. The lowest BCUT2D eigenvalue weighted by Gasteiger charge is -2.40. The molecule has 6 heteroatoms. The molecule has 1 saturated heterocycles. The summed E-state index contributed by atoms with van der Waals surface area (Å²) in [6.07, 6.45) is 11.6. The number of fused-ring (bicyclic) bond motifs is 2. The average molecular weight is 491 g/mol. The maximum absolute atomic E-state index is 9.10. The molecule has 0 spiro atoms. The van der Waals surface area contributed by atoms with Crippen LogP contribution in [0.2, 0.25) is 0 Å². The molecule has 3 atom stereocenters. The van der Waals surface area contributed by atoms with Crippen molar-refractivity contribution in [3.63, 3.8) is 0 Å². The van der Waals surface area contributed by atoms with Gasteiger partial charge >= 0.3 is 11.9 Å². The minimum atomic E-state index is -1.82. The lowest BCUT2D eigenvalue weighted by Crippen LogP contribution is -2.46. The van der Waals surface area contributed by atoms with E-state index in [-0.39, 0.29) is 0 Å². The first-order valence-electron chi connectivity index (χ1n) is 13.2. The normalized spacial score (nSPS) is 23.4. The summed E-state index contributed by atoms with van der Waals surface area (Å²) in [5, 5.41) is 14.8. The Morgan fingerprint density at radius 2 is 1.44 bits per heavy atom. The standard InChI is InChI=1S/C28H36N2.C2H2O4/c1-3-7-23(8-4-1)13-18-30(21-24-9-5-2-6-10-24)28-14-16-29(17-15-28)22-27-20-25-11-12-26(27)19-25;3-1(4)2(5)6/h1-12,25-28H,13-22H2;(H,3,4)(H,5,6). The highest BCUT2D eigenvalue weighted by molar-refractivity contribution is 6.27. The van der Waals surface area contributed by atoms with Crippen LogP contribution in [0.4, 0.5) is 0 Å². The predicted octanol–water partition coefficient (Wildman–Crippen LogP) is 4.56. The number of likely N-dealkylation sites (tertiary alicyclic amines) is 1. The highest BCUT2D eigenvalue weighted by Gasteiger charge is 2.37. The van der Waals surface area contributed by atoms with E-state index in [1.54, 1.807) is 0 Å². The van der Waals surface area contributed by atoms with Crippen molar-refractivity contribution in [2.24, 2.45) is 17.8 Å². The van der Waals surface area contributed by atoms with E-state index in [1.165, 1.54) is 56.4 Å². The Labute approximate surface area is 214 Å². The molecule has 0 amide bonds. The molecule has 0 radical (unpaired) electrons. The number of nitrogens with zero attached hydrogens (tertiary/aromatic N) is 2. The van der Waals surface area contributed by atoms with Gasteiger partial charge in [0, 0.05) is 25.7 Å². The van der Waals surface area contributed by atoms with E-state index in [9.17, 15) is 0 Å². The zero-order valence-corrected chi connectivity index (χ0v) is 20.9. The fraction of sp³-hybridized carbons (Fsp3) is 0.467. The van der Waals surface area contributed by atoms with Gasteiger partial charge in [0.2, 0.25) is 0 Å². The smallest absolute Gasteiger partial charge is 0.414 e. The van der Waals surface area contributed by atoms with Gasteiger partial charge in [-0.05, 0) is 74.1 Å². The van der Waals surface area contributed by atoms with E-state index in [1.807, 2.05) is 0 Å². The van der Waals surface area contributed by atoms with E-state index < -0.39 is 11.9 Å². The van der Waals surface area contributed by atoms with E-state index in [2.05, 4.69) is 82.6 Å². The van der Waals surface area contributed by atoms with Crippen molar-refractivity contribution < 1.29 is 19.8 Å². The maximum atomic E-state index is 9.10. The van der Waals surface area contributed by atoms with E-state index >= 15 is 0 Å². The molecule has 0 aromatic heterocycles. The topological polar surface area (TPSA) is 81.1 Å². The van der Waals surface area contributed by atoms with Crippen LogP contribution < -0.4 is 0 Å². The van der Waals surface area contributed by atoms with Crippen molar-refractivity contribution in [2.45, 2.75) is 44.7 Å². The second-order valence-corrected chi connectivity index (χ2v) is 10.4. The number of rotatable bonds is 8. The quantitative estimate of drug-likeness (QED) is 0.417. The Kier molecular flexibility index (Phi) is 9.31. The SMILES string of the molecule is C1=CC2CC1CC2CN1CCC(N(CCc2ccccc2)Cc2ccccc2)CC1.O=C(O)C(=O)O. The maximum Gasteiger partial charge on any atom is 0.414 e. The first-order chi connectivity index (χ1) is 17.5. The number of hydrogen-bond donors (Lipinski definition) is 2. The van der Waals surface area contributed by atoms with Crippen molar-refractivity contribution in [3.8, 4) is 0 Å².